The number of furan rings is 1. The Morgan fingerprint density at radius 3 is 2.57 bits per heavy atom. The number of ether oxygens (including phenoxy) is 1. The lowest BCUT2D eigenvalue weighted by molar-refractivity contribution is -0.114. The average molecular weight is 353 g/mol. The fourth-order valence-corrected chi connectivity index (χ4v) is 2.14. The Morgan fingerprint density at radius 1 is 1.24 bits per heavy atom. The van der Waals surface area contributed by atoms with Crippen LogP contribution in [0.15, 0.2) is 39.6 Å². The standard InChI is InChI=1S/C14H13BrN2O4/c1-8(18)16-11-4-3-9(7-12(11)20-2)17-14(19)10-5-6-21-13(10)15/h3-7H,1-2H3,(H,16,18)(H,17,19). The van der Waals surface area contributed by atoms with Crippen LogP contribution >= 0.6 is 15.9 Å². The van der Waals surface area contributed by atoms with Crippen molar-refractivity contribution in [2.75, 3.05) is 17.7 Å². The van der Waals surface area contributed by atoms with E-state index < -0.39 is 0 Å². The molecule has 1 aromatic carbocycles. The SMILES string of the molecule is COc1cc(NC(=O)c2ccoc2Br)ccc1NC(C)=O. The van der Waals surface area contributed by atoms with Crippen LogP contribution < -0.4 is 15.4 Å². The minimum Gasteiger partial charge on any atom is -0.494 e. The molecule has 0 bridgehead atoms. The average Bonchev–Trinajstić information content (AvgIpc) is 2.86. The van der Waals surface area contributed by atoms with E-state index in [4.69, 9.17) is 9.15 Å². The molecule has 0 saturated carbocycles. The monoisotopic (exact) mass is 352 g/mol. The molecule has 0 aliphatic carbocycles. The molecule has 110 valence electrons. The zero-order valence-corrected chi connectivity index (χ0v) is 13.0. The number of carbonyl (C=O) groups is 2. The van der Waals surface area contributed by atoms with Crippen molar-refractivity contribution in [2.24, 2.45) is 0 Å². The van der Waals surface area contributed by atoms with Crippen LogP contribution in [0.5, 0.6) is 5.75 Å². The molecule has 0 fully saturated rings. The van der Waals surface area contributed by atoms with E-state index in [0.717, 1.165) is 0 Å². The first-order chi connectivity index (χ1) is 10.0. The van der Waals surface area contributed by atoms with Gasteiger partial charge in [-0.25, -0.2) is 0 Å². The molecule has 0 aliphatic heterocycles. The van der Waals surface area contributed by atoms with Gasteiger partial charge in [0.2, 0.25) is 5.91 Å². The third-order valence-electron chi connectivity index (χ3n) is 2.63. The first kappa shape index (κ1) is 15.1. The van der Waals surface area contributed by atoms with Gasteiger partial charge in [0.15, 0.2) is 4.67 Å². The quantitative estimate of drug-likeness (QED) is 0.884. The molecule has 0 unspecified atom stereocenters. The van der Waals surface area contributed by atoms with Crippen molar-refractivity contribution in [3.63, 3.8) is 0 Å². The highest BCUT2D eigenvalue weighted by molar-refractivity contribution is 9.10. The maximum Gasteiger partial charge on any atom is 0.260 e. The molecule has 1 heterocycles. The first-order valence-electron chi connectivity index (χ1n) is 6.01. The van der Waals surface area contributed by atoms with Crippen LogP contribution in [0.3, 0.4) is 0 Å². The minimum absolute atomic E-state index is 0.201. The Hall–Kier alpha value is -2.28. The highest BCUT2D eigenvalue weighted by atomic mass is 79.9. The van der Waals surface area contributed by atoms with E-state index in [1.807, 2.05) is 0 Å². The van der Waals surface area contributed by atoms with Crippen molar-refractivity contribution >= 4 is 39.1 Å². The molecule has 0 spiro atoms. The number of anilines is 2. The van der Waals surface area contributed by atoms with Gasteiger partial charge in [0.25, 0.3) is 5.91 Å². The third kappa shape index (κ3) is 3.63. The number of halogens is 1. The number of hydrogen-bond donors (Lipinski definition) is 2. The smallest absolute Gasteiger partial charge is 0.260 e. The summed E-state index contributed by atoms with van der Waals surface area (Å²) in [5.74, 6) is -0.0633. The molecule has 2 rings (SSSR count). The Kier molecular flexibility index (Phi) is 4.64. The zero-order chi connectivity index (χ0) is 15.4. The summed E-state index contributed by atoms with van der Waals surface area (Å²) in [6.07, 6.45) is 1.42. The molecule has 0 atom stereocenters. The summed E-state index contributed by atoms with van der Waals surface area (Å²) in [7, 11) is 1.49. The predicted octanol–water partition coefficient (Wildman–Crippen LogP) is 3.26. The fourth-order valence-electron chi connectivity index (χ4n) is 1.72. The van der Waals surface area contributed by atoms with Crippen LogP contribution in [-0.2, 0) is 4.79 Å². The Bertz CT molecular complexity index is 681. The van der Waals surface area contributed by atoms with Crippen LogP contribution in [0, 0.1) is 0 Å². The summed E-state index contributed by atoms with van der Waals surface area (Å²) in [5.41, 5.74) is 1.46. The van der Waals surface area contributed by atoms with Gasteiger partial charge in [0, 0.05) is 18.7 Å². The van der Waals surface area contributed by atoms with Crippen LogP contribution in [0.1, 0.15) is 17.3 Å². The lowest BCUT2D eigenvalue weighted by Gasteiger charge is -2.11. The van der Waals surface area contributed by atoms with E-state index >= 15 is 0 Å². The van der Waals surface area contributed by atoms with E-state index in [1.54, 1.807) is 24.3 Å². The fraction of sp³-hybridized carbons (Fsp3) is 0.143. The Morgan fingerprint density at radius 2 is 2.00 bits per heavy atom. The number of benzene rings is 1. The maximum absolute atomic E-state index is 12.0. The van der Waals surface area contributed by atoms with E-state index in [0.29, 0.717) is 27.4 Å². The molecular formula is C14H13BrN2O4. The molecule has 21 heavy (non-hydrogen) atoms. The Balaban J connectivity index is 2.19. The molecule has 1 aromatic heterocycles. The zero-order valence-electron chi connectivity index (χ0n) is 11.4. The van der Waals surface area contributed by atoms with E-state index in [1.165, 1.54) is 20.3 Å². The number of nitrogens with one attached hydrogen (secondary N) is 2. The van der Waals surface area contributed by atoms with Gasteiger partial charge in [-0.15, -0.1) is 0 Å². The summed E-state index contributed by atoms with van der Waals surface area (Å²) in [5, 5.41) is 5.36. The number of amides is 2. The van der Waals surface area contributed by atoms with Gasteiger partial charge in [-0.05, 0) is 34.1 Å². The lowest BCUT2D eigenvalue weighted by atomic mass is 10.2. The van der Waals surface area contributed by atoms with Crippen LogP contribution in [-0.4, -0.2) is 18.9 Å². The highest BCUT2D eigenvalue weighted by Gasteiger charge is 2.14. The van der Waals surface area contributed by atoms with Gasteiger partial charge in [0.05, 0.1) is 24.6 Å². The van der Waals surface area contributed by atoms with Crippen molar-refractivity contribution in [1.82, 2.24) is 0 Å². The molecule has 2 aromatic rings. The van der Waals surface area contributed by atoms with Gasteiger partial charge in [-0.3, -0.25) is 9.59 Å². The number of carbonyl (C=O) groups excluding carboxylic acids is 2. The molecular weight excluding hydrogens is 340 g/mol. The van der Waals surface area contributed by atoms with Gasteiger partial charge >= 0.3 is 0 Å². The second-order valence-electron chi connectivity index (χ2n) is 4.16. The highest BCUT2D eigenvalue weighted by Crippen LogP contribution is 2.28. The summed E-state index contributed by atoms with van der Waals surface area (Å²) in [6, 6.07) is 6.50. The molecule has 0 saturated heterocycles. The molecule has 2 amide bonds. The first-order valence-corrected chi connectivity index (χ1v) is 6.80. The number of methoxy groups -OCH3 is 1. The molecule has 2 N–H and O–H groups in total. The van der Waals surface area contributed by atoms with Crippen LogP contribution in [0.25, 0.3) is 0 Å². The summed E-state index contributed by atoms with van der Waals surface area (Å²) in [4.78, 5) is 23.1. The maximum atomic E-state index is 12.0. The van der Waals surface area contributed by atoms with Gasteiger partial charge < -0.3 is 19.8 Å². The van der Waals surface area contributed by atoms with E-state index in [2.05, 4.69) is 26.6 Å². The lowest BCUT2D eigenvalue weighted by Crippen LogP contribution is -2.12. The predicted molar refractivity (Wildman–Crippen MR) is 81.7 cm³/mol. The van der Waals surface area contributed by atoms with Gasteiger partial charge in [-0.2, -0.15) is 0 Å². The topological polar surface area (TPSA) is 80.6 Å². The number of rotatable bonds is 4. The summed E-state index contributed by atoms with van der Waals surface area (Å²) >= 11 is 3.15. The molecule has 6 nitrogen and oxygen atoms in total. The molecule has 7 heteroatoms. The molecule has 0 radical (unpaired) electrons. The minimum atomic E-state index is -0.315. The van der Waals surface area contributed by atoms with Crippen molar-refractivity contribution in [3.05, 3.63) is 40.8 Å². The van der Waals surface area contributed by atoms with Gasteiger partial charge in [0.1, 0.15) is 5.75 Å². The second kappa shape index (κ2) is 6.45. The van der Waals surface area contributed by atoms with Crippen molar-refractivity contribution < 1.29 is 18.7 Å². The number of hydrogen-bond acceptors (Lipinski definition) is 4. The second-order valence-corrected chi connectivity index (χ2v) is 4.88. The van der Waals surface area contributed by atoms with E-state index in [9.17, 15) is 9.59 Å². The van der Waals surface area contributed by atoms with Gasteiger partial charge in [-0.1, -0.05) is 0 Å². The van der Waals surface area contributed by atoms with Crippen molar-refractivity contribution in [2.45, 2.75) is 6.92 Å². The summed E-state index contributed by atoms with van der Waals surface area (Å²) in [6.45, 7) is 1.41. The van der Waals surface area contributed by atoms with Crippen LogP contribution in [0.4, 0.5) is 11.4 Å². The van der Waals surface area contributed by atoms with Crippen molar-refractivity contribution in [1.29, 1.82) is 0 Å². The Labute approximate surface area is 129 Å². The largest absolute Gasteiger partial charge is 0.494 e. The molecule has 0 aliphatic rings. The van der Waals surface area contributed by atoms with Crippen molar-refractivity contribution in [3.8, 4) is 5.75 Å². The third-order valence-corrected chi connectivity index (χ3v) is 3.25. The van der Waals surface area contributed by atoms with Crippen LogP contribution in [0.2, 0.25) is 0 Å². The summed E-state index contributed by atoms with van der Waals surface area (Å²) < 4.78 is 10.6. The van der Waals surface area contributed by atoms with E-state index in [-0.39, 0.29) is 11.8 Å². The normalized spacial score (nSPS) is 10.0.